The SMILES string of the molecule is CC(C)Oc1cc(OC(C)C)cc(C(O)(COS(=O)(=O)Cc2c(Cl)cc(Cl)cc2Cl)CC(Cl)Cl)c1. The smallest absolute Gasteiger partial charge is 0.271 e. The van der Waals surface area contributed by atoms with Crippen molar-refractivity contribution < 1.29 is 27.2 Å². The molecule has 1 unspecified atom stereocenters. The molecule has 0 saturated carbocycles. The Morgan fingerprint density at radius 3 is 1.80 bits per heavy atom. The van der Waals surface area contributed by atoms with Crippen molar-refractivity contribution in [3.05, 3.63) is 56.5 Å². The molecule has 2 aromatic carbocycles. The minimum Gasteiger partial charge on any atom is -0.491 e. The van der Waals surface area contributed by atoms with Crippen LogP contribution in [0.4, 0.5) is 0 Å². The Morgan fingerprint density at radius 1 is 0.886 bits per heavy atom. The van der Waals surface area contributed by atoms with Gasteiger partial charge in [0.25, 0.3) is 10.1 Å². The van der Waals surface area contributed by atoms with E-state index in [1.807, 2.05) is 27.7 Å². The monoisotopic (exact) mass is 606 g/mol. The predicted octanol–water partition coefficient (Wildman–Crippen LogP) is 7.15. The normalized spacial score (nSPS) is 14.0. The maximum Gasteiger partial charge on any atom is 0.271 e. The molecule has 0 saturated heterocycles. The van der Waals surface area contributed by atoms with Gasteiger partial charge in [0.1, 0.15) is 27.7 Å². The summed E-state index contributed by atoms with van der Waals surface area (Å²) in [7, 11) is -4.25. The van der Waals surface area contributed by atoms with Crippen molar-refractivity contribution in [3.63, 3.8) is 0 Å². The highest BCUT2D eigenvalue weighted by Gasteiger charge is 2.35. The highest BCUT2D eigenvalue weighted by atomic mass is 35.5. The quantitative estimate of drug-likeness (QED) is 0.204. The lowest BCUT2D eigenvalue weighted by Gasteiger charge is -2.30. The standard InChI is InChI=1S/C23H27Cl5O6S/c1-13(2)33-17-5-15(6-18(9-17)34-14(3)4)23(29,10-22(27)28)12-32-35(30,31)11-19-20(25)7-16(24)8-21(19)26/h5-9,13-14,22,29H,10-12H2,1-4H3. The number of hydrogen-bond donors (Lipinski definition) is 1. The fourth-order valence-corrected chi connectivity index (χ4v) is 5.89. The van der Waals surface area contributed by atoms with Crippen molar-refractivity contribution in [2.75, 3.05) is 6.61 Å². The van der Waals surface area contributed by atoms with Crippen LogP contribution in [0.15, 0.2) is 30.3 Å². The molecule has 2 aromatic rings. The van der Waals surface area contributed by atoms with Gasteiger partial charge in [-0.1, -0.05) is 34.8 Å². The van der Waals surface area contributed by atoms with Crippen LogP contribution in [0.3, 0.4) is 0 Å². The molecule has 1 N–H and O–H groups in total. The number of halogens is 5. The molecule has 0 aromatic heterocycles. The minimum atomic E-state index is -4.25. The van der Waals surface area contributed by atoms with E-state index >= 15 is 0 Å². The molecule has 1 atom stereocenters. The predicted molar refractivity (Wildman–Crippen MR) is 142 cm³/mol. The molecular formula is C23H27Cl5O6S. The molecule has 196 valence electrons. The van der Waals surface area contributed by atoms with Crippen molar-refractivity contribution >= 4 is 68.1 Å². The maximum absolute atomic E-state index is 12.8. The molecule has 2 rings (SSSR count). The first kappa shape index (κ1) is 30.6. The van der Waals surface area contributed by atoms with Gasteiger partial charge >= 0.3 is 0 Å². The molecule has 0 amide bonds. The third kappa shape index (κ3) is 9.63. The zero-order valence-corrected chi connectivity index (χ0v) is 24.1. The second-order valence-corrected chi connectivity index (χ2v) is 12.6. The molecule has 0 bridgehead atoms. The largest absolute Gasteiger partial charge is 0.491 e. The topological polar surface area (TPSA) is 82.1 Å². The summed E-state index contributed by atoms with van der Waals surface area (Å²) in [5, 5.41) is 11.9. The lowest BCUT2D eigenvalue weighted by atomic mass is 9.91. The molecule has 0 aliphatic heterocycles. The molecule has 0 aliphatic carbocycles. The summed E-state index contributed by atoms with van der Waals surface area (Å²) in [4.78, 5) is -1.03. The van der Waals surface area contributed by atoms with E-state index in [0.29, 0.717) is 11.5 Å². The summed E-state index contributed by atoms with van der Waals surface area (Å²) in [6.45, 7) is 6.70. The summed E-state index contributed by atoms with van der Waals surface area (Å²) in [6, 6.07) is 7.54. The van der Waals surface area contributed by atoms with Gasteiger partial charge in [0, 0.05) is 33.1 Å². The highest BCUT2D eigenvalue weighted by Crippen LogP contribution is 2.37. The van der Waals surface area contributed by atoms with Crippen molar-refractivity contribution in [3.8, 4) is 11.5 Å². The van der Waals surface area contributed by atoms with Gasteiger partial charge < -0.3 is 14.6 Å². The second kappa shape index (κ2) is 12.7. The number of aliphatic hydroxyl groups is 1. The number of ether oxygens (including phenoxy) is 2. The lowest BCUT2D eigenvalue weighted by molar-refractivity contribution is -0.0126. The van der Waals surface area contributed by atoms with E-state index in [2.05, 4.69) is 0 Å². The average molecular weight is 609 g/mol. The first-order valence-electron chi connectivity index (χ1n) is 10.6. The summed E-state index contributed by atoms with van der Waals surface area (Å²) in [6.07, 6.45) is -0.561. The van der Waals surface area contributed by atoms with Crippen molar-refractivity contribution in [2.45, 2.75) is 62.5 Å². The van der Waals surface area contributed by atoms with Crippen LogP contribution in [0.2, 0.25) is 15.1 Å². The summed E-state index contributed by atoms with van der Waals surface area (Å²) >= 11 is 30.1. The van der Waals surface area contributed by atoms with Crippen LogP contribution >= 0.6 is 58.0 Å². The van der Waals surface area contributed by atoms with E-state index in [1.165, 1.54) is 12.1 Å². The zero-order valence-electron chi connectivity index (χ0n) is 19.5. The fourth-order valence-electron chi connectivity index (χ4n) is 3.15. The third-order valence-corrected chi connectivity index (χ3v) is 6.88. The first-order valence-corrected chi connectivity index (χ1v) is 14.2. The second-order valence-electron chi connectivity index (χ2n) is 8.47. The van der Waals surface area contributed by atoms with Gasteiger partial charge in [-0.3, -0.25) is 4.18 Å². The number of rotatable bonds is 12. The number of hydrogen-bond acceptors (Lipinski definition) is 6. The van der Waals surface area contributed by atoms with Gasteiger partial charge in [0.05, 0.1) is 18.8 Å². The molecule has 0 fully saturated rings. The average Bonchev–Trinajstić information content (AvgIpc) is 2.67. The van der Waals surface area contributed by atoms with Crippen LogP contribution in [-0.2, 0) is 25.7 Å². The van der Waals surface area contributed by atoms with E-state index in [-0.39, 0.29) is 44.8 Å². The number of alkyl halides is 2. The van der Waals surface area contributed by atoms with E-state index in [0.717, 1.165) is 0 Å². The van der Waals surface area contributed by atoms with E-state index in [9.17, 15) is 13.5 Å². The summed E-state index contributed by atoms with van der Waals surface area (Å²) < 4.78 is 42.3. The van der Waals surface area contributed by atoms with E-state index in [4.69, 9.17) is 71.7 Å². The molecule has 0 spiro atoms. The molecule has 0 aliphatic rings. The molecule has 35 heavy (non-hydrogen) atoms. The molecule has 6 nitrogen and oxygen atoms in total. The Balaban J connectivity index is 2.40. The van der Waals surface area contributed by atoms with Crippen LogP contribution in [0.25, 0.3) is 0 Å². The van der Waals surface area contributed by atoms with Crippen LogP contribution in [-0.4, -0.2) is 37.2 Å². The van der Waals surface area contributed by atoms with Crippen LogP contribution < -0.4 is 9.47 Å². The van der Waals surface area contributed by atoms with Crippen molar-refractivity contribution in [1.82, 2.24) is 0 Å². The summed E-state index contributed by atoms with van der Waals surface area (Å²) in [5.74, 6) is 0.186. The highest BCUT2D eigenvalue weighted by molar-refractivity contribution is 7.85. The zero-order chi connectivity index (χ0) is 26.6. The van der Waals surface area contributed by atoms with Crippen LogP contribution in [0, 0.1) is 0 Å². The molecule has 0 heterocycles. The molecular weight excluding hydrogens is 582 g/mol. The summed E-state index contributed by atoms with van der Waals surface area (Å²) in [5.41, 5.74) is -1.52. The molecule has 0 radical (unpaired) electrons. The van der Waals surface area contributed by atoms with Crippen LogP contribution in [0.1, 0.15) is 45.2 Å². The Kier molecular flexibility index (Phi) is 11.1. The van der Waals surface area contributed by atoms with Gasteiger partial charge in [-0.2, -0.15) is 8.42 Å². The third-order valence-electron chi connectivity index (χ3n) is 4.56. The van der Waals surface area contributed by atoms with Crippen LogP contribution in [0.5, 0.6) is 11.5 Å². The number of benzene rings is 2. The van der Waals surface area contributed by atoms with Gasteiger partial charge in [0.2, 0.25) is 0 Å². The fraction of sp³-hybridized carbons (Fsp3) is 0.478. The van der Waals surface area contributed by atoms with Gasteiger partial charge in [-0.15, -0.1) is 23.2 Å². The van der Waals surface area contributed by atoms with Crippen molar-refractivity contribution in [2.24, 2.45) is 0 Å². The first-order chi connectivity index (χ1) is 16.1. The minimum absolute atomic E-state index is 0.0699. The Bertz CT molecular complexity index is 1070. The van der Waals surface area contributed by atoms with Gasteiger partial charge in [0.15, 0.2) is 0 Å². The van der Waals surface area contributed by atoms with Gasteiger partial charge in [-0.25, -0.2) is 0 Å². The van der Waals surface area contributed by atoms with Gasteiger partial charge in [-0.05, 0) is 57.5 Å². The maximum atomic E-state index is 12.8. The Morgan fingerprint density at radius 2 is 1.37 bits per heavy atom. The van der Waals surface area contributed by atoms with E-state index < -0.39 is 32.9 Å². The lowest BCUT2D eigenvalue weighted by Crippen LogP contribution is -2.35. The van der Waals surface area contributed by atoms with Crippen molar-refractivity contribution in [1.29, 1.82) is 0 Å². The Hall–Kier alpha value is -0.640. The van der Waals surface area contributed by atoms with E-state index in [1.54, 1.807) is 18.2 Å². The molecule has 12 heteroatoms. The Labute approximate surface area is 231 Å².